The van der Waals surface area contributed by atoms with Crippen LogP contribution in [0.5, 0.6) is 0 Å². The maximum atomic E-state index is 12.2. The third-order valence-electron chi connectivity index (χ3n) is 5.21. The van der Waals surface area contributed by atoms with Crippen LogP contribution in [0.1, 0.15) is 38.8 Å². The Morgan fingerprint density at radius 3 is 2.20 bits per heavy atom. The molecule has 160 valence electrons. The highest BCUT2D eigenvalue weighted by Gasteiger charge is 2.37. The van der Waals surface area contributed by atoms with E-state index in [1.54, 1.807) is 30.3 Å². The molecule has 2 aromatic rings. The molecule has 5 N–H and O–H groups in total. The smallest absolute Gasteiger partial charge is 0.251 e. The Morgan fingerprint density at radius 2 is 1.63 bits per heavy atom. The second-order valence-corrected chi connectivity index (χ2v) is 7.24. The molecule has 0 saturated carbocycles. The molecule has 0 aliphatic carbocycles. The maximum Gasteiger partial charge on any atom is 0.251 e. The summed E-state index contributed by atoms with van der Waals surface area (Å²) < 4.78 is 5.77. The van der Waals surface area contributed by atoms with E-state index in [2.05, 4.69) is 10.6 Å². The third kappa shape index (κ3) is 4.52. The number of rotatable bonds is 5. The first-order chi connectivity index (χ1) is 14.4. The molecule has 4 unspecified atom stereocenters. The van der Waals surface area contributed by atoms with Crippen LogP contribution >= 0.6 is 0 Å². The molecule has 1 aliphatic rings. The predicted octanol–water partition coefficient (Wildman–Crippen LogP) is 0.617. The molecule has 1 aliphatic heterocycles. The Balaban J connectivity index is 2.03. The molecule has 30 heavy (non-hydrogen) atoms. The number of hydrogen-bond donors (Lipinski definition) is 5. The van der Waals surface area contributed by atoms with Crippen molar-refractivity contribution in [2.24, 2.45) is 0 Å². The quantitative estimate of drug-likeness (QED) is 0.488. The van der Waals surface area contributed by atoms with E-state index in [1.165, 1.54) is 20.2 Å². The van der Waals surface area contributed by atoms with Crippen LogP contribution in [0, 0.1) is 0 Å². The summed E-state index contributed by atoms with van der Waals surface area (Å²) in [7, 11) is 3.03. The highest BCUT2D eigenvalue weighted by molar-refractivity contribution is 6.01. The highest BCUT2D eigenvalue weighted by atomic mass is 16.5. The lowest BCUT2D eigenvalue weighted by atomic mass is 9.91. The SMILES string of the molecule is CNC(=O)c1cc(C(=O)NC)cc(-c2cccc(C3OC(CO)CC(O)C3O)c2)c1. The summed E-state index contributed by atoms with van der Waals surface area (Å²) in [5, 5.41) is 35.0. The van der Waals surface area contributed by atoms with Gasteiger partial charge in [0.25, 0.3) is 11.8 Å². The number of ether oxygens (including phenoxy) is 1. The van der Waals surface area contributed by atoms with E-state index in [-0.39, 0.29) is 24.8 Å². The molecule has 1 fully saturated rings. The lowest BCUT2D eigenvalue weighted by molar-refractivity contribution is -0.179. The zero-order valence-corrected chi connectivity index (χ0v) is 16.8. The van der Waals surface area contributed by atoms with Crippen molar-refractivity contribution in [3.05, 3.63) is 59.2 Å². The van der Waals surface area contributed by atoms with Crippen molar-refractivity contribution < 1.29 is 29.6 Å². The number of benzene rings is 2. The number of hydrogen-bond acceptors (Lipinski definition) is 6. The Hall–Kier alpha value is -2.78. The van der Waals surface area contributed by atoms with Gasteiger partial charge in [-0.15, -0.1) is 0 Å². The van der Waals surface area contributed by atoms with Crippen molar-refractivity contribution in [3.8, 4) is 11.1 Å². The largest absolute Gasteiger partial charge is 0.394 e. The third-order valence-corrected chi connectivity index (χ3v) is 5.21. The molecule has 2 amide bonds. The van der Waals surface area contributed by atoms with E-state index < -0.39 is 24.4 Å². The van der Waals surface area contributed by atoms with Crippen molar-refractivity contribution in [2.75, 3.05) is 20.7 Å². The van der Waals surface area contributed by atoms with Crippen LogP contribution in [0.4, 0.5) is 0 Å². The van der Waals surface area contributed by atoms with Gasteiger partial charge in [-0.25, -0.2) is 0 Å². The first-order valence-corrected chi connectivity index (χ1v) is 9.70. The van der Waals surface area contributed by atoms with Gasteiger partial charge < -0.3 is 30.7 Å². The van der Waals surface area contributed by atoms with Crippen LogP contribution in [0.2, 0.25) is 0 Å². The van der Waals surface area contributed by atoms with Gasteiger partial charge in [0.15, 0.2) is 0 Å². The minimum absolute atomic E-state index is 0.150. The number of amides is 2. The van der Waals surface area contributed by atoms with E-state index in [4.69, 9.17) is 4.74 Å². The van der Waals surface area contributed by atoms with Gasteiger partial charge in [0.2, 0.25) is 0 Å². The molecule has 1 saturated heterocycles. The average molecular weight is 414 g/mol. The first kappa shape index (κ1) is 21.9. The van der Waals surface area contributed by atoms with Crippen LogP contribution < -0.4 is 10.6 Å². The van der Waals surface area contributed by atoms with Gasteiger partial charge in [0, 0.05) is 31.6 Å². The van der Waals surface area contributed by atoms with Gasteiger partial charge in [0.1, 0.15) is 12.2 Å². The zero-order chi connectivity index (χ0) is 21.8. The van der Waals surface area contributed by atoms with Gasteiger partial charge in [0.05, 0.1) is 18.8 Å². The Kier molecular flexibility index (Phi) is 6.84. The van der Waals surface area contributed by atoms with Crippen molar-refractivity contribution in [1.82, 2.24) is 10.6 Å². The van der Waals surface area contributed by atoms with Gasteiger partial charge in [-0.05, 0) is 41.0 Å². The van der Waals surface area contributed by atoms with E-state index in [1.807, 2.05) is 6.07 Å². The summed E-state index contributed by atoms with van der Waals surface area (Å²) in [4.78, 5) is 24.4. The summed E-state index contributed by atoms with van der Waals surface area (Å²) >= 11 is 0. The molecule has 8 nitrogen and oxygen atoms in total. The molecule has 8 heteroatoms. The molecule has 0 aromatic heterocycles. The summed E-state index contributed by atoms with van der Waals surface area (Å²) in [6, 6.07) is 12.0. The fourth-order valence-corrected chi connectivity index (χ4v) is 3.59. The van der Waals surface area contributed by atoms with Crippen molar-refractivity contribution >= 4 is 11.8 Å². The van der Waals surface area contributed by atoms with Crippen molar-refractivity contribution in [3.63, 3.8) is 0 Å². The summed E-state index contributed by atoms with van der Waals surface area (Å²) in [6.45, 7) is -0.260. The van der Waals surface area contributed by atoms with Crippen molar-refractivity contribution in [1.29, 1.82) is 0 Å². The van der Waals surface area contributed by atoms with Crippen LogP contribution in [-0.4, -0.2) is 66.1 Å². The predicted molar refractivity (Wildman–Crippen MR) is 110 cm³/mol. The van der Waals surface area contributed by atoms with E-state index in [0.717, 1.165) is 0 Å². The first-order valence-electron chi connectivity index (χ1n) is 9.70. The normalized spacial score (nSPS) is 23.6. The van der Waals surface area contributed by atoms with E-state index in [9.17, 15) is 24.9 Å². The van der Waals surface area contributed by atoms with Crippen molar-refractivity contribution in [2.45, 2.75) is 30.8 Å². The fourth-order valence-electron chi connectivity index (χ4n) is 3.59. The second-order valence-electron chi connectivity index (χ2n) is 7.24. The maximum absolute atomic E-state index is 12.2. The second kappa shape index (κ2) is 9.36. The topological polar surface area (TPSA) is 128 Å². The average Bonchev–Trinajstić information content (AvgIpc) is 2.79. The Labute approximate surface area is 174 Å². The summed E-state index contributed by atoms with van der Waals surface area (Å²) in [6.07, 6.45) is -3.39. The van der Waals surface area contributed by atoms with E-state index >= 15 is 0 Å². The van der Waals surface area contributed by atoms with Gasteiger partial charge in [-0.2, -0.15) is 0 Å². The molecule has 2 aromatic carbocycles. The lowest BCUT2D eigenvalue weighted by Crippen LogP contribution is -2.44. The monoisotopic (exact) mass is 414 g/mol. The molecule has 0 radical (unpaired) electrons. The van der Waals surface area contributed by atoms with Crippen LogP contribution in [-0.2, 0) is 4.74 Å². The number of carbonyl (C=O) groups is 2. The van der Waals surface area contributed by atoms with Crippen LogP contribution in [0.25, 0.3) is 11.1 Å². The highest BCUT2D eigenvalue weighted by Crippen LogP contribution is 2.34. The molecule has 0 spiro atoms. The fraction of sp³-hybridized carbons (Fsp3) is 0.364. The summed E-state index contributed by atoms with van der Waals surface area (Å²) in [5.41, 5.74) is 2.64. The minimum atomic E-state index is -1.14. The number of aliphatic hydroxyl groups excluding tert-OH is 3. The molecular weight excluding hydrogens is 388 g/mol. The zero-order valence-electron chi connectivity index (χ0n) is 16.8. The van der Waals surface area contributed by atoms with Gasteiger partial charge in [-0.3, -0.25) is 9.59 Å². The number of nitrogens with one attached hydrogen (secondary N) is 2. The van der Waals surface area contributed by atoms with Gasteiger partial charge >= 0.3 is 0 Å². The number of carbonyl (C=O) groups excluding carboxylic acids is 2. The minimum Gasteiger partial charge on any atom is -0.394 e. The Bertz CT molecular complexity index is 897. The number of aliphatic hydroxyl groups is 3. The van der Waals surface area contributed by atoms with Crippen LogP contribution in [0.3, 0.4) is 0 Å². The van der Waals surface area contributed by atoms with E-state index in [0.29, 0.717) is 27.8 Å². The molecule has 3 rings (SSSR count). The molecule has 0 bridgehead atoms. The Morgan fingerprint density at radius 1 is 1.00 bits per heavy atom. The molecular formula is C22H26N2O6. The lowest BCUT2D eigenvalue weighted by Gasteiger charge is -2.37. The van der Waals surface area contributed by atoms with Gasteiger partial charge in [-0.1, -0.05) is 18.2 Å². The van der Waals surface area contributed by atoms with Crippen LogP contribution in [0.15, 0.2) is 42.5 Å². The molecule has 1 heterocycles. The molecule has 4 atom stereocenters. The standard InChI is InChI=1S/C22H26N2O6/c1-23-21(28)15-7-14(8-16(9-15)22(29)24-2)12-4-3-5-13(6-12)20-19(27)18(26)10-17(11-25)30-20/h3-9,17-20,25-27H,10-11H2,1-2H3,(H,23,28)(H,24,29). The summed E-state index contributed by atoms with van der Waals surface area (Å²) in [5.74, 6) is -0.642.